The third-order valence-electron chi connectivity index (χ3n) is 6.30. The monoisotopic (exact) mass is 471 g/mol. The summed E-state index contributed by atoms with van der Waals surface area (Å²) in [7, 11) is 3.11. The van der Waals surface area contributed by atoms with Crippen LogP contribution in [0.25, 0.3) is 0 Å². The maximum Gasteiger partial charge on any atom is 0.259 e. The van der Waals surface area contributed by atoms with E-state index in [1.165, 1.54) is 25.3 Å². The van der Waals surface area contributed by atoms with Crippen LogP contribution in [0, 0.1) is 11.6 Å². The number of carbonyl (C=O) groups is 1. The molecule has 4 rings (SSSR count). The molecule has 0 unspecified atom stereocenters. The average Bonchev–Trinajstić information content (AvgIpc) is 3.26. The van der Waals surface area contributed by atoms with Gasteiger partial charge in [0.25, 0.3) is 11.5 Å². The summed E-state index contributed by atoms with van der Waals surface area (Å²) in [6.07, 6.45) is 1.95. The van der Waals surface area contributed by atoms with Crippen LogP contribution in [0.2, 0.25) is 0 Å². The summed E-state index contributed by atoms with van der Waals surface area (Å²) in [5.74, 6) is -0.681. The maximum atomic E-state index is 13.6. The number of rotatable bonds is 6. The fraction of sp³-hybridized carbons (Fsp3) is 0.360. The summed E-state index contributed by atoms with van der Waals surface area (Å²) in [5.41, 5.74) is 1.17. The summed E-state index contributed by atoms with van der Waals surface area (Å²) >= 11 is 0. The van der Waals surface area contributed by atoms with Crippen molar-refractivity contribution in [2.75, 3.05) is 27.2 Å². The minimum Gasteiger partial charge on any atom is -0.496 e. The highest BCUT2D eigenvalue weighted by atomic mass is 19.1. The lowest BCUT2D eigenvalue weighted by Crippen LogP contribution is -2.34. The molecular weight excluding hydrogens is 444 g/mol. The van der Waals surface area contributed by atoms with Gasteiger partial charge >= 0.3 is 0 Å². The van der Waals surface area contributed by atoms with Crippen molar-refractivity contribution in [2.24, 2.45) is 0 Å². The second-order valence-electron chi connectivity index (χ2n) is 8.44. The molecule has 0 bridgehead atoms. The predicted octanol–water partition coefficient (Wildman–Crippen LogP) is 3.62. The zero-order chi connectivity index (χ0) is 24.4. The molecule has 9 heteroatoms. The fourth-order valence-electron chi connectivity index (χ4n) is 4.38. The summed E-state index contributed by atoms with van der Waals surface area (Å²) in [5, 5.41) is 0. The van der Waals surface area contributed by atoms with E-state index in [1.807, 2.05) is 11.8 Å². The lowest BCUT2D eigenvalue weighted by molar-refractivity contribution is 0.0720. The SMILES string of the molecule is COc1cc(=O)n2c(c1C(=O)N(C)[C@H](C)c1ccco1)CCN(Cc1cc(F)cc(F)c1)CC2. The van der Waals surface area contributed by atoms with E-state index in [4.69, 9.17) is 9.15 Å². The molecule has 1 aromatic carbocycles. The van der Waals surface area contributed by atoms with E-state index in [0.29, 0.717) is 55.2 Å². The molecule has 1 atom stereocenters. The molecule has 0 saturated heterocycles. The smallest absolute Gasteiger partial charge is 0.259 e. The van der Waals surface area contributed by atoms with Gasteiger partial charge in [-0.15, -0.1) is 0 Å². The van der Waals surface area contributed by atoms with E-state index >= 15 is 0 Å². The zero-order valence-electron chi connectivity index (χ0n) is 19.4. The summed E-state index contributed by atoms with van der Waals surface area (Å²) in [4.78, 5) is 30.0. The number of carbonyl (C=O) groups excluding carboxylic acids is 1. The molecule has 1 aliphatic heterocycles. The Balaban J connectivity index is 1.64. The molecule has 7 nitrogen and oxygen atoms in total. The number of nitrogens with zero attached hydrogens (tertiary/aromatic N) is 3. The Bertz CT molecular complexity index is 1220. The molecular formula is C25H27F2N3O4. The van der Waals surface area contributed by atoms with Crippen molar-refractivity contribution in [3.05, 3.63) is 87.2 Å². The zero-order valence-corrected chi connectivity index (χ0v) is 19.4. The van der Waals surface area contributed by atoms with Crippen molar-refractivity contribution < 1.29 is 22.7 Å². The van der Waals surface area contributed by atoms with Gasteiger partial charge in [0, 0.05) is 57.5 Å². The van der Waals surface area contributed by atoms with Crippen molar-refractivity contribution in [3.8, 4) is 5.75 Å². The number of hydrogen-bond donors (Lipinski definition) is 0. The third kappa shape index (κ3) is 4.75. The van der Waals surface area contributed by atoms with Gasteiger partial charge in [0.1, 0.15) is 28.7 Å². The van der Waals surface area contributed by atoms with Crippen LogP contribution in [0.3, 0.4) is 0 Å². The van der Waals surface area contributed by atoms with Crippen molar-refractivity contribution >= 4 is 5.91 Å². The molecule has 3 aromatic rings. The molecule has 0 N–H and O–H groups in total. The molecule has 1 aliphatic rings. The first-order valence-electron chi connectivity index (χ1n) is 11.1. The number of hydrogen-bond acceptors (Lipinski definition) is 5. The van der Waals surface area contributed by atoms with Crippen LogP contribution >= 0.6 is 0 Å². The topological polar surface area (TPSA) is 67.9 Å². The van der Waals surface area contributed by atoms with E-state index in [-0.39, 0.29) is 23.3 Å². The number of furan rings is 1. The van der Waals surface area contributed by atoms with Gasteiger partial charge in [-0.25, -0.2) is 8.78 Å². The standard InChI is InChI=1S/C25H27F2N3O4/c1-16(21-5-4-10-34-21)28(2)25(32)24-20-6-7-29(15-17-11-18(26)13-19(27)12-17)8-9-30(20)23(31)14-22(24)33-3/h4-5,10-14,16H,6-9,15H2,1-3H3/t16-/m1/s1. The molecule has 3 heterocycles. The molecule has 34 heavy (non-hydrogen) atoms. The Morgan fingerprint density at radius 2 is 1.91 bits per heavy atom. The Labute approximate surface area is 196 Å². The van der Waals surface area contributed by atoms with Gasteiger partial charge in [0.15, 0.2) is 0 Å². The minimum absolute atomic E-state index is 0.223. The second kappa shape index (κ2) is 9.80. The highest BCUT2D eigenvalue weighted by Crippen LogP contribution is 2.28. The molecule has 0 radical (unpaired) electrons. The van der Waals surface area contributed by atoms with Crippen LogP contribution in [-0.2, 0) is 19.5 Å². The largest absolute Gasteiger partial charge is 0.496 e. The van der Waals surface area contributed by atoms with Gasteiger partial charge in [0.2, 0.25) is 0 Å². The van der Waals surface area contributed by atoms with Crippen molar-refractivity contribution in [3.63, 3.8) is 0 Å². The Morgan fingerprint density at radius 3 is 2.56 bits per heavy atom. The van der Waals surface area contributed by atoms with Crippen LogP contribution in [0.5, 0.6) is 5.75 Å². The fourth-order valence-corrected chi connectivity index (χ4v) is 4.38. The Hall–Kier alpha value is -3.46. The highest BCUT2D eigenvalue weighted by Gasteiger charge is 2.29. The van der Waals surface area contributed by atoms with Crippen molar-refractivity contribution in [1.29, 1.82) is 0 Å². The van der Waals surface area contributed by atoms with Crippen LogP contribution < -0.4 is 10.3 Å². The summed E-state index contributed by atoms with van der Waals surface area (Å²) in [6.45, 7) is 3.52. The van der Waals surface area contributed by atoms with E-state index in [9.17, 15) is 18.4 Å². The Kier molecular flexibility index (Phi) is 6.83. The summed E-state index contributed by atoms with van der Waals surface area (Å²) in [6, 6.07) is 8.01. The molecule has 1 amide bonds. The van der Waals surface area contributed by atoms with Gasteiger partial charge in [-0.3, -0.25) is 14.5 Å². The molecule has 0 saturated carbocycles. The lowest BCUT2D eigenvalue weighted by atomic mass is 10.1. The van der Waals surface area contributed by atoms with E-state index in [0.717, 1.165) is 6.07 Å². The van der Waals surface area contributed by atoms with Gasteiger partial charge in [-0.1, -0.05) is 0 Å². The first kappa shape index (κ1) is 23.7. The Morgan fingerprint density at radius 1 is 1.18 bits per heavy atom. The van der Waals surface area contributed by atoms with E-state index in [2.05, 4.69) is 0 Å². The van der Waals surface area contributed by atoms with Crippen molar-refractivity contribution in [1.82, 2.24) is 14.4 Å². The summed E-state index contributed by atoms with van der Waals surface area (Å²) < 4.78 is 39.8. The van der Waals surface area contributed by atoms with Gasteiger partial charge in [0.05, 0.1) is 19.4 Å². The normalized spacial score (nSPS) is 14.9. The van der Waals surface area contributed by atoms with Crippen LogP contribution in [0.15, 0.2) is 51.9 Å². The number of aromatic nitrogens is 1. The predicted molar refractivity (Wildman–Crippen MR) is 122 cm³/mol. The minimum atomic E-state index is -0.629. The number of fused-ring (bicyclic) bond motifs is 1. The number of pyridine rings is 1. The maximum absolute atomic E-state index is 13.6. The van der Waals surface area contributed by atoms with Gasteiger partial charge < -0.3 is 18.6 Å². The van der Waals surface area contributed by atoms with Crippen LogP contribution in [0.1, 0.15) is 40.3 Å². The van der Waals surface area contributed by atoms with Gasteiger partial charge in [-0.05, 0) is 36.8 Å². The molecule has 0 fully saturated rings. The number of amides is 1. The second-order valence-corrected chi connectivity index (χ2v) is 8.44. The first-order chi connectivity index (χ1) is 16.3. The number of ether oxygens (including phenoxy) is 1. The first-order valence-corrected chi connectivity index (χ1v) is 11.1. The number of benzene rings is 1. The molecule has 2 aromatic heterocycles. The molecule has 0 spiro atoms. The quantitative estimate of drug-likeness (QED) is 0.550. The lowest BCUT2D eigenvalue weighted by Gasteiger charge is -2.26. The van der Waals surface area contributed by atoms with Crippen LogP contribution in [0.4, 0.5) is 8.78 Å². The van der Waals surface area contributed by atoms with Gasteiger partial charge in [-0.2, -0.15) is 0 Å². The number of halogens is 2. The average molecular weight is 472 g/mol. The van der Waals surface area contributed by atoms with E-state index in [1.54, 1.807) is 34.9 Å². The van der Waals surface area contributed by atoms with E-state index < -0.39 is 11.6 Å². The third-order valence-corrected chi connectivity index (χ3v) is 6.30. The highest BCUT2D eigenvalue weighted by molar-refractivity contribution is 5.98. The molecule has 0 aliphatic carbocycles. The number of methoxy groups -OCH3 is 1. The van der Waals surface area contributed by atoms with Crippen LogP contribution in [-0.4, -0.2) is 47.5 Å². The molecule has 180 valence electrons. The van der Waals surface area contributed by atoms with Crippen molar-refractivity contribution in [2.45, 2.75) is 32.5 Å².